The molecule has 0 spiro atoms. The van der Waals surface area contributed by atoms with Gasteiger partial charge in [-0.25, -0.2) is 0 Å². The van der Waals surface area contributed by atoms with Crippen LogP contribution in [0.25, 0.3) is 0 Å². The van der Waals surface area contributed by atoms with E-state index in [9.17, 15) is 14.4 Å². The van der Waals surface area contributed by atoms with Gasteiger partial charge in [-0.1, -0.05) is 0 Å². The van der Waals surface area contributed by atoms with Crippen molar-refractivity contribution in [1.82, 2.24) is 10.2 Å². The monoisotopic (exact) mass is 480 g/mol. The highest BCUT2D eigenvalue weighted by atomic mass is 16.5. The zero-order valence-corrected chi connectivity index (χ0v) is 19.6. The number of methoxy groups -OCH3 is 2. The van der Waals surface area contributed by atoms with Crippen molar-refractivity contribution in [2.75, 3.05) is 80.2 Å². The molecule has 0 unspecified atom stereocenters. The third-order valence-electron chi connectivity index (χ3n) is 4.52. The highest BCUT2D eigenvalue weighted by molar-refractivity contribution is 6.12. The molecule has 0 radical (unpaired) electrons. The van der Waals surface area contributed by atoms with Gasteiger partial charge in [0.25, 0.3) is 17.7 Å². The van der Waals surface area contributed by atoms with E-state index in [2.05, 4.69) is 5.32 Å². The lowest BCUT2D eigenvalue weighted by molar-refractivity contribution is -0.136. The number of carbonyl (C=O) groups excluding carboxylic acids is 3. The molecule has 0 bridgehead atoms. The Bertz CT molecular complexity index is 776. The summed E-state index contributed by atoms with van der Waals surface area (Å²) in [7, 11) is 3.19. The normalized spacial score (nSPS) is 12.9. The van der Waals surface area contributed by atoms with Crippen molar-refractivity contribution in [1.29, 1.82) is 0 Å². The fourth-order valence-electron chi connectivity index (χ4n) is 2.83. The van der Waals surface area contributed by atoms with Gasteiger partial charge in [0.05, 0.1) is 39.6 Å². The van der Waals surface area contributed by atoms with Crippen LogP contribution in [0.15, 0.2) is 30.4 Å². The molecule has 0 atom stereocenters. The Kier molecular flexibility index (Phi) is 12.6. The highest BCUT2D eigenvalue weighted by Gasteiger charge is 2.22. The first-order valence-electron chi connectivity index (χ1n) is 10.9. The molecule has 2 rings (SSSR count). The van der Waals surface area contributed by atoms with E-state index >= 15 is 0 Å². The second kappa shape index (κ2) is 15.8. The maximum absolute atomic E-state index is 12.7. The molecule has 1 aliphatic heterocycles. The second-order valence-electron chi connectivity index (χ2n) is 7.02. The Balaban J connectivity index is 1.91. The summed E-state index contributed by atoms with van der Waals surface area (Å²) < 4.78 is 32.0. The van der Waals surface area contributed by atoms with Crippen molar-refractivity contribution >= 4 is 17.7 Å². The maximum Gasteiger partial charge on any atom is 0.253 e. The molecule has 1 heterocycles. The average molecular weight is 481 g/mol. The van der Waals surface area contributed by atoms with Gasteiger partial charge in [-0.15, -0.1) is 0 Å². The highest BCUT2D eigenvalue weighted by Crippen LogP contribution is 2.23. The van der Waals surface area contributed by atoms with Crippen LogP contribution in [0.3, 0.4) is 0 Å². The van der Waals surface area contributed by atoms with Crippen molar-refractivity contribution in [3.63, 3.8) is 0 Å². The first-order valence-corrected chi connectivity index (χ1v) is 10.9. The molecule has 11 heteroatoms. The lowest BCUT2D eigenvalue weighted by Gasteiger charge is -2.15. The van der Waals surface area contributed by atoms with E-state index in [-0.39, 0.29) is 26.3 Å². The van der Waals surface area contributed by atoms with Crippen LogP contribution in [-0.2, 0) is 28.5 Å². The zero-order valence-electron chi connectivity index (χ0n) is 19.6. The lowest BCUT2D eigenvalue weighted by Crippen LogP contribution is -2.38. The van der Waals surface area contributed by atoms with Crippen molar-refractivity contribution < 1.29 is 42.8 Å². The summed E-state index contributed by atoms with van der Waals surface area (Å²) in [5, 5.41) is 2.70. The van der Waals surface area contributed by atoms with E-state index in [0.717, 1.165) is 4.90 Å². The molecule has 1 aliphatic rings. The summed E-state index contributed by atoms with van der Waals surface area (Å²) >= 11 is 0. The molecular weight excluding hydrogens is 448 g/mol. The van der Waals surface area contributed by atoms with E-state index in [1.165, 1.54) is 12.2 Å². The molecule has 0 fully saturated rings. The van der Waals surface area contributed by atoms with Crippen molar-refractivity contribution in [3.8, 4) is 11.5 Å². The number of amides is 3. The first-order chi connectivity index (χ1) is 16.5. The number of carbonyl (C=O) groups is 3. The quantitative estimate of drug-likeness (QED) is 0.235. The van der Waals surface area contributed by atoms with Gasteiger partial charge in [0.15, 0.2) is 0 Å². The molecule has 0 saturated carbocycles. The molecule has 0 aliphatic carbocycles. The van der Waals surface area contributed by atoms with Crippen LogP contribution in [0.2, 0.25) is 0 Å². The third kappa shape index (κ3) is 9.87. The van der Waals surface area contributed by atoms with E-state index in [1.807, 2.05) is 0 Å². The Hall–Kier alpha value is -2.99. The van der Waals surface area contributed by atoms with Crippen LogP contribution in [-0.4, -0.2) is 103 Å². The summed E-state index contributed by atoms with van der Waals surface area (Å²) in [5.41, 5.74) is 0.310. The molecule has 1 aromatic carbocycles. The number of nitrogens with zero attached hydrogens (tertiary/aromatic N) is 1. The lowest BCUT2D eigenvalue weighted by atomic mass is 10.2. The molecule has 3 amide bonds. The van der Waals surface area contributed by atoms with Crippen LogP contribution in [0.5, 0.6) is 11.5 Å². The maximum atomic E-state index is 12.7. The smallest absolute Gasteiger partial charge is 0.253 e. The van der Waals surface area contributed by atoms with E-state index in [4.69, 9.17) is 28.4 Å². The predicted molar refractivity (Wildman–Crippen MR) is 121 cm³/mol. The Morgan fingerprint density at radius 2 is 1.26 bits per heavy atom. The Morgan fingerprint density at radius 1 is 0.765 bits per heavy atom. The van der Waals surface area contributed by atoms with Gasteiger partial charge in [-0.2, -0.15) is 0 Å². The number of nitrogens with one attached hydrogen (secondary N) is 1. The molecule has 34 heavy (non-hydrogen) atoms. The number of hydrogen-bond donors (Lipinski definition) is 1. The van der Waals surface area contributed by atoms with Crippen molar-refractivity contribution in [3.05, 3.63) is 35.9 Å². The van der Waals surface area contributed by atoms with Gasteiger partial charge >= 0.3 is 0 Å². The number of hydrogen-bond acceptors (Lipinski definition) is 9. The summed E-state index contributed by atoms with van der Waals surface area (Å²) in [6, 6.07) is 4.84. The fourth-order valence-corrected chi connectivity index (χ4v) is 2.83. The van der Waals surface area contributed by atoms with E-state index in [1.54, 1.807) is 32.4 Å². The number of imide groups is 1. The molecule has 188 valence electrons. The summed E-state index contributed by atoms with van der Waals surface area (Å²) in [6.45, 7) is 3.35. The van der Waals surface area contributed by atoms with Gasteiger partial charge < -0.3 is 33.7 Å². The Labute approximate surface area is 198 Å². The number of ether oxygens (including phenoxy) is 6. The zero-order chi connectivity index (χ0) is 24.6. The first kappa shape index (κ1) is 27.3. The second-order valence-corrected chi connectivity index (χ2v) is 7.02. The Morgan fingerprint density at radius 3 is 1.76 bits per heavy atom. The van der Waals surface area contributed by atoms with Gasteiger partial charge in [0.1, 0.15) is 24.7 Å². The van der Waals surface area contributed by atoms with Crippen LogP contribution in [0.4, 0.5) is 0 Å². The van der Waals surface area contributed by atoms with Crippen molar-refractivity contribution in [2.24, 2.45) is 0 Å². The molecule has 11 nitrogen and oxygen atoms in total. The SMILES string of the molecule is COCCOCCOc1cc(OCCOCCOC)cc(C(=O)NCCN2C(=O)C=CC2=O)c1. The number of benzene rings is 1. The van der Waals surface area contributed by atoms with Crippen LogP contribution in [0.1, 0.15) is 10.4 Å². The van der Waals surface area contributed by atoms with E-state index in [0.29, 0.717) is 56.7 Å². The van der Waals surface area contributed by atoms with Crippen LogP contribution < -0.4 is 14.8 Å². The molecular formula is C23H32N2O9. The number of rotatable bonds is 18. The third-order valence-corrected chi connectivity index (χ3v) is 4.52. The minimum absolute atomic E-state index is 0.0770. The largest absolute Gasteiger partial charge is 0.491 e. The minimum Gasteiger partial charge on any atom is -0.491 e. The van der Waals surface area contributed by atoms with Gasteiger partial charge in [-0.3, -0.25) is 19.3 Å². The summed E-state index contributed by atoms with van der Waals surface area (Å²) in [5.74, 6) is -0.314. The molecule has 0 saturated heterocycles. The molecule has 1 N–H and O–H groups in total. The fraction of sp³-hybridized carbons (Fsp3) is 0.522. The molecule has 0 aromatic heterocycles. The topological polar surface area (TPSA) is 122 Å². The minimum atomic E-state index is -0.397. The average Bonchev–Trinajstić information content (AvgIpc) is 3.15. The summed E-state index contributed by atoms with van der Waals surface area (Å²) in [6.07, 6.45) is 2.40. The summed E-state index contributed by atoms with van der Waals surface area (Å²) in [4.78, 5) is 37.0. The predicted octanol–water partition coefficient (Wildman–Crippen LogP) is 0.425. The van der Waals surface area contributed by atoms with Gasteiger partial charge in [0, 0.05) is 51.1 Å². The van der Waals surface area contributed by atoms with Crippen LogP contribution >= 0.6 is 0 Å². The van der Waals surface area contributed by atoms with Crippen LogP contribution in [0, 0.1) is 0 Å². The van der Waals surface area contributed by atoms with Gasteiger partial charge in [0.2, 0.25) is 0 Å². The standard InChI is InChI=1S/C23H32N2O9/c1-29-7-9-31-11-13-33-19-15-18(16-20(17-19)34-14-12-32-10-8-30-2)23(28)24-5-6-25-21(26)3-4-22(25)27/h3-4,15-17H,5-14H2,1-2H3,(H,24,28). The van der Waals surface area contributed by atoms with E-state index < -0.39 is 17.7 Å². The van der Waals surface area contributed by atoms with Crippen molar-refractivity contribution in [2.45, 2.75) is 0 Å². The molecule has 1 aromatic rings. The van der Waals surface area contributed by atoms with Gasteiger partial charge in [-0.05, 0) is 12.1 Å².